The fourth-order valence-electron chi connectivity index (χ4n) is 3.37. The number of benzene rings is 1. The lowest BCUT2D eigenvalue weighted by atomic mass is 10.2. The smallest absolute Gasteiger partial charge is 0.406 e. The first-order valence-corrected chi connectivity index (χ1v) is 10.1. The largest absolute Gasteiger partial charge is 0.573 e. The summed E-state index contributed by atoms with van der Waals surface area (Å²) >= 11 is 1.42. The Labute approximate surface area is 176 Å². The van der Waals surface area contributed by atoms with Crippen molar-refractivity contribution in [1.82, 2.24) is 24.1 Å². The van der Waals surface area contributed by atoms with Gasteiger partial charge in [0, 0.05) is 45.1 Å². The van der Waals surface area contributed by atoms with E-state index in [2.05, 4.69) is 19.7 Å². The molecule has 0 atom stereocenters. The second-order valence-electron chi connectivity index (χ2n) is 6.87. The number of fused-ring (bicyclic) bond motifs is 1. The van der Waals surface area contributed by atoms with Gasteiger partial charge in [0.15, 0.2) is 0 Å². The van der Waals surface area contributed by atoms with Crippen LogP contribution >= 0.6 is 12.1 Å². The monoisotopic (exact) mass is 439 g/mol. The van der Waals surface area contributed by atoms with Crippen LogP contribution in [0.1, 0.15) is 5.56 Å². The van der Waals surface area contributed by atoms with E-state index in [-0.39, 0.29) is 11.8 Å². The first-order valence-electron chi connectivity index (χ1n) is 9.31. The molecule has 1 fully saturated rings. The average Bonchev–Trinajstić information content (AvgIpc) is 3.17. The fourth-order valence-corrected chi connectivity index (χ4v) is 4.03. The molecule has 0 bridgehead atoms. The van der Waals surface area contributed by atoms with E-state index < -0.39 is 6.36 Å². The van der Waals surface area contributed by atoms with Gasteiger partial charge in [0.2, 0.25) is 0 Å². The van der Waals surface area contributed by atoms with Gasteiger partial charge in [-0.25, -0.2) is 4.79 Å². The molecule has 2 amide bonds. The normalized spacial score (nSPS) is 19.0. The van der Waals surface area contributed by atoms with Gasteiger partial charge >= 0.3 is 12.4 Å². The molecule has 3 aliphatic heterocycles. The van der Waals surface area contributed by atoms with Crippen molar-refractivity contribution in [3.05, 3.63) is 65.8 Å². The van der Waals surface area contributed by atoms with Crippen molar-refractivity contribution in [2.24, 2.45) is 0 Å². The number of ether oxygens (including phenoxy) is 1. The Morgan fingerprint density at radius 1 is 1.23 bits per heavy atom. The molecule has 0 unspecified atom stereocenters. The van der Waals surface area contributed by atoms with Gasteiger partial charge in [0.25, 0.3) is 0 Å². The zero-order chi connectivity index (χ0) is 21.1. The van der Waals surface area contributed by atoms with Crippen molar-refractivity contribution >= 4 is 18.2 Å². The number of carbonyl (C=O) groups is 1. The molecule has 1 aromatic carbocycles. The molecule has 0 saturated carbocycles. The standard InChI is InChI=1S/C19H20F3N5O2S/c20-19(21,22)29-15-4-1-3-14(11-15)13-25-7-9-26(10-8-25)18(28)24-16-5-2-6-27-17(16)12-23-30-27/h1-6,11-12,23H,7-10,13H2,(H,24,28). The molecule has 1 aromatic rings. The van der Waals surface area contributed by atoms with Crippen LogP contribution in [0.4, 0.5) is 18.0 Å². The molecule has 11 heteroatoms. The van der Waals surface area contributed by atoms with Crippen molar-refractivity contribution in [2.45, 2.75) is 12.9 Å². The van der Waals surface area contributed by atoms with E-state index in [4.69, 9.17) is 0 Å². The highest BCUT2D eigenvalue weighted by molar-refractivity contribution is 7.95. The third-order valence-electron chi connectivity index (χ3n) is 4.78. The van der Waals surface area contributed by atoms with Crippen LogP contribution in [0.15, 0.2) is 60.2 Å². The minimum absolute atomic E-state index is 0.172. The SMILES string of the molecule is O=C(NC1=CC=CN2SNC=C12)N1CCN(Cc2cccc(OC(F)(F)F)c2)CC1. The predicted molar refractivity (Wildman–Crippen MR) is 106 cm³/mol. The second-order valence-corrected chi connectivity index (χ2v) is 7.69. The molecule has 7 nitrogen and oxygen atoms in total. The molecule has 4 rings (SSSR count). The number of rotatable bonds is 4. The van der Waals surface area contributed by atoms with Crippen LogP contribution in [-0.4, -0.2) is 52.7 Å². The molecular formula is C19H20F3N5O2S. The number of nitrogens with one attached hydrogen (secondary N) is 2. The van der Waals surface area contributed by atoms with Crippen molar-refractivity contribution in [3.8, 4) is 5.75 Å². The van der Waals surface area contributed by atoms with E-state index in [1.54, 1.807) is 17.0 Å². The molecule has 30 heavy (non-hydrogen) atoms. The Morgan fingerprint density at radius 3 is 2.80 bits per heavy atom. The van der Waals surface area contributed by atoms with Crippen LogP contribution in [0, 0.1) is 0 Å². The Hall–Kier alpha value is -2.79. The third kappa shape index (κ3) is 5.03. The van der Waals surface area contributed by atoms with E-state index in [0.717, 1.165) is 17.0 Å². The maximum atomic E-state index is 12.6. The molecule has 0 spiro atoms. The van der Waals surface area contributed by atoms with Crippen LogP contribution in [0.25, 0.3) is 0 Å². The number of urea groups is 1. The summed E-state index contributed by atoms with van der Waals surface area (Å²) in [6.07, 6.45) is 2.73. The predicted octanol–water partition coefficient (Wildman–Crippen LogP) is 3.13. The quantitative estimate of drug-likeness (QED) is 0.703. The Balaban J connectivity index is 1.28. The van der Waals surface area contributed by atoms with Crippen molar-refractivity contribution in [3.63, 3.8) is 0 Å². The minimum atomic E-state index is -4.71. The molecule has 1 saturated heterocycles. The number of allylic oxidation sites excluding steroid dienone is 2. The zero-order valence-electron chi connectivity index (χ0n) is 15.9. The number of amides is 2. The van der Waals surface area contributed by atoms with Gasteiger partial charge in [-0.15, -0.1) is 13.2 Å². The Bertz CT molecular complexity index is 894. The summed E-state index contributed by atoms with van der Waals surface area (Å²) in [5, 5.41) is 2.95. The van der Waals surface area contributed by atoms with Crippen molar-refractivity contribution < 1.29 is 22.7 Å². The molecule has 160 valence electrons. The average molecular weight is 439 g/mol. The van der Waals surface area contributed by atoms with Crippen LogP contribution in [0.5, 0.6) is 5.75 Å². The van der Waals surface area contributed by atoms with Gasteiger partial charge in [-0.2, -0.15) is 0 Å². The van der Waals surface area contributed by atoms with E-state index in [1.807, 2.05) is 28.9 Å². The van der Waals surface area contributed by atoms with Crippen LogP contribution in [0.2, 0.25) is 0 Å². The number of hydrogen-bond donors (Lipinski definition) is 2. The number of halogens is 3. The lowest BCUT2D eigenvalue weighted by molar-refractivity contribution is -0.274. The number of alkyl halides is 3. The van der Waals surface area contributed by atoms with E-state index in [1.165, 1.54) is 24.3 Å². The van der Waals surface area contributed by atoms with Crippen molar-refractivity contribution in [2.75, 3.05) is 26.2 Å². The lowest BCUT2D eigenvalue weighted by Crippen LogP contribution is -2.51. The molecule has 0 aliphatic carbocycles. The maximum Gasteiger partial charge on any atom is 0.573 e. The summed E-state index contributed by atoms with van der Waals surface area (Å²) in [6.45, 7) is 2.81. The van der Waals surface area contributed by atoms with Gasteiger partial charge in [-0.05, 0) is 29.8 Å². The molecular weight excluding hydrogens is 419 g/mol. The molecule has 2 N–H and O–H groups in total. The highest BCUT2D eigenvalue weighted by Crippen LogP contribution is 2.29. The topological polar surface area (TPSA) is 60.1 Å². The van der Waals surface area contributed by atoms with Gasteiger partial charge in [-0.1, -0.05) is 12.1 Å². The molecule has 0 aromatic heterocycles. The highest BCUT2D eigenvalue weighted by Gasteiger charge is 2.31. The molecule has 3 aliphatic rings. The summed E-state index contributed by atoms with van der Waals surface area (Å²) in [5.74, 6) is -0.226. The summed E-state index contributed by atoms with van der Waals surface area (Å²) in [4.78, 5) is 16.5. The highest BCUT2D eigenvalue weighted by atomic mass is 32.2. The van der Waals surface area contributed by atoms with Crippen molar-refractivity contribution in [1.29, 1.82) is 0 Å². The number of piperazine rings is 1. The third-order valence-corrected chi connectivity index (χ3v) is 5.52. The van der Waals surface area contributed by atoms with Crippen LogP contribution < -0.4 is 14.8 Å². The van der Waals surface area contributed by atoms with Gasteiger partial charge in [-0.3, -0.25) is 9.21 Å². The van der Waals surface area contributed by atoms with Crippen LogP contribution in [-0.2, 0) is 6.54 Å². The Kier molecular flexibility index (Phi) is 5.82. The summed E-state index contributed by atoms with van der Waals surface area (Å²) in [5.41, 5.74) is 2.34. The number of hydrogen-bond acceptors (Lipinski definition) is 6. The summed E-state index contributed by atoms with van der Waals surface area (Å²) in [7, 11) is 0. The van der Waals surface area contributed by atoms with Gasteiger partial charge in [0.05, 0.1) is 23.5 Å². The summed E-state index contributed by atoms with van der Waals surface area (Å²) < 4.78 is 46.1. The minimum Gasteiger partial charge on any atom is -0.406 e. The van der Waals surface area contributed by atoms with E-state index in [9.17, 15) is 18.0 Å². The zero-order valence-corrected chi connectivity index (χ0v) is 16.7. The molecule has 3 heterocycles. The van der Waals surface area contributed by atoms with Crippen LogP contribution in [0.3, 0.4) is 0 Å². The first kappa shape index (κ1) is 20.5. The Morgan fingerprint density at radius 2 is 2.03 bits per heavy atom. The van der Waals surface area contributed by atoms with Gasteiger partial charge in [0.1, 0.15) is 5.75 Å². The van der Waals surface area contributed by atoms with E-state index >= 15 is 0 Å². The second kappa shape index (κ2) is 8.52. The molecule has 0 radical (unpaired) electrons. The first-order chi connectivity index (χ1) is 14.4. The fraction of sp³-hybridized carbons (Fsp3) is 0.316. The summed E-state index contributed by atoms with van der Waals surface area (Å²) in [6, 6.07) is 5.81. The lowest BCUT2D eigenvalue weighted by Gasteiger charge is -2.35. The van der Waals surface area contributed by atoms with E-state index in [0.29, 0.717) is 32.7 Å². The van der Waals surface area contributed by atoms with Gasteiger partial charge < -0.3 is 19.7 Å². The maximum absolute atomic E-state index is 12.6. The number of nitrogens with zero attached hydrogens (tertiary/aromatic N) is 3. The number of carbonyl (C=O) groups excluding carboxylic acids is 1.